The highest BCUT2D eigenvalue weighted by Crippen LogP contribution is 2.24. The molecule has 35 heavy (non-hydrogen) atoms. The van der Waals surface area contributed by atoms with Crippen LogP contribution in [0.4, 0.5) is 0 Å². The molecule has 3 heterocycles. The summed E-state index contributed by atoms with van der Waals surface area (Å²) in [6, 6.07) is 11.1. The van der Waals surface area contributed by atoms with Crippen molar-refractivity contribution >= 4 is 17.6 Å². The molecule has 1 aromatic carbocycles. The second-order valence-electron chi connectivity index (χ2n) is 8.41. The molecule has 0 spiro atoms. The Bertz CT molecular complexity index is 1220. The van der Waals surface area contributed by atoms with E-state index >= 15 is 0 Å². The Labute approximate surface area is 201 Å². The van der Waals surface area contributed by atoms with Gasteiger partial charge in [-0.2, -0.15) is 0 Å². The van der Waals surface area contributed by atoms with Gasteiger partial charge in [-0.15, -0.1) is 0 Å². The summed E-state index contributed by atoms with van der Waals surface area (Å²) in [5.74, 6) is 0.663. The van der Waals surface area contributed by atoms with E-state index in [2.05, 4.69) is 15.5 Å². The van der Waals surface area contributed by atoms with E-state index in [-0.39, 0.29) is 49.1 Å². The van der Waals surface area contributed by atoms with Crippen LogP contribution in [0.25, 0.3) is 0 Å². The Balaban J connectivity index is 1.38. The number of nitrogens with one attached hydrogen (secondary N) is 1. The number of likely N-dealkylation sites (tertiary alicyclic amines) is 1. The lowest BCUT2D eigenvalue weighted by atomic mass is 10.0. The number of pyridine rings is 1. The van der Waals surface area contributed by atoms with E-state index in [1.165, 1.54) is 24.2 Å². The summed E-state index contributed by atoms with van der Waals surface area (Å²) < 4.78 is 10.9. The predicted molar refractivity (Wildman–Crippen MR) is 124 cm³/mol. The average Bonchev–Trinajstić information content (AvgIpc) is 3.45. The molecule has 10 heteroatoms. The Hall–Kier alpha value is -4.05. The van der Waals surface area contributed by atoms with Crippen molar-refractivity contribution in [2.24, 2.45) is 0 Å². The molecule has 10 nitrogen and oxygen atoms in total. The number of rotatable bonds is 8. The Morgan fingerprint density at radius 2 is 1.91 bits per heavy atom. The number of carbonyl (C=O) groups is 3. The molecule has 0 unspecified atom stereocenters. The molecule has 0 aliphatic carbocycles. The van der Waals surface area contributed by atoms with Gasteiger partial charge in [-0.05, 0) is 30.7 Å². The average molecular weight is 479 g/mol. The SMILES string of the molecule is CNC(=O)c1cc(Oc2ccc(CC(=O)[C@@H]3C[C@@H](O)CN3C(=O)Cc3cc(C)no3)cc2)ccn1. The molecule has 0 radical (unpaired) electrons. The first kappa shape index (κ1) is 24.1. The van der Waals surface area contributed by atoms with Crippen LogP contribution in [-0.4, -0.2) is 63.5 Å². The first-order valence-corrected chi connectivity index (χ1v) is 11.2. The molecule has 3 aromatic rings. The number of β-amino-alcohol motifs (C(OH)–C–C–N with tert-alkyl or cyclic N) is 1. The zero-order chi connectivity index (χ0) is 24.9. The van der Waals surface area contributed by atoms with Crippen molar-refractivity contribution in [1.29, 1.82) is 0 Å². The van der Waals surface area contributed by atoms with Gasteiger partial charge in [0, 0.05) is 44.8 Å². The molecule has 4 rings (SSSR count). The molecule has 2 amide bonds. The van der Waals surface area contributed by atoms with Gasteiger partial charge in [-0.3, -0.25) is 19.4 Å². The van der Waals surface area contributed by atoms with Gasteiger partial charge in [-0.1, -0.05) is 17.3 Å². The minimum atomic E-state index is -0.750. The monoisotopic (exact) mass is 478 g/mol. The third kappa shape index (κ3) is 5.90. The number of aliphatic hydroxyl groups is 1. The number of hydrogen-bond acceptors (Lipinski definition) is 8. The maximum atomic E-state index is 13.0. The summed E-state index contributed by atoms with van der Waals surface area (Å²) >= 11 is 0. The highest BCUT2D eigenvalue weighted by molar-refractivity contribution is 5.92. The normalized spacial score (nSPS) is 17.3. The molecule has 0 saturated carbocycles. The molecule has 2 atom stereocenters. The number of amides is 2. The number of nitrogens with zero attached hydrogens (tertiary/aromatic N) is 3. The maximum absolute atomic E-state index is 13.0. The van der Waals surface area contributed by atoms with Crippen molar-refractivity contribution in [3.8, 4) is 11.5 Å². The predicted octanol–water partition coefficient (Wildman–Crippen LogP) is 1.85. The maximum Gasteiger partial charge on any atom is 0.269 e. The quantitative estimate of drug-likeness (QED) is 0.501. The number of aromatic nitrogens is 2. The largest absolute Gasteiger partial charge is 0.457 e. The fraction of sp³-hybridized carbons (Fsp3) is 0.320. The first-order chi connectivity index (χ1) is 16.8. The molecule has 2 aromatic heterocycles. The van der Waals surface area contributed by atoms with Crippen LogP contribution < -0.4 is 10.1 Å². The fourth-order valence-corrected chi connectivity index (χ4v) is 4.00. The molecular formula is C25H26N4O6. The van der Waals surface area contributed by atoms with Crippen molar-refractivity contribution in [2.75, 3.05) is 13.6 Å². The van der Waals surface area contributed by atoms with Crippen LogP contribution in [0.2, 0.25) is 0 Å². The van der Waals surface area contributed by atoms with Gasteiger partial charge >= 0.3 is 0 Å². The summed E-state index contributed by atoms with van der Waals surface area (Å²) in [7, 11) is 1.52. The lowest BCUT2D eigenvalue weighted by Crippen LogP contribution is -2.42. The highest BCUT2D eigenvalue weighted by Gasteiger charge is 2.38. The number of aryl methyl sites for hydroxylation is 1. The van der Waals surface area contributed by atoms with E-state index in [4.69, 9.17) is 9.26 Å². The van der Waals surface area contributed by atoms with Crippen molar-refractivity contribution in [2.45, 2.75) is 38.3 Å². The van der Waals surface area contributed by atoms with Crippen molar-refractivity contribution in [3.05, 3.63) is 71.4 Å². The number of aliphatic hydroxyl groups excluding tert-OH is 1. The molecule has 182 valence electrons. The van der Waals surface area contributed by atoms with E-state index in [9.17, 15) is 19.5 Å². The van der Waals surface area contributed by atoms with Gasteiger partial charge in [0.15, 0.2) is 5.78 Å². The van der Waals surface area contributed by atoms with Crippen LogP contribution in [0, 0.1) is 6.92 Å². The number of carbonyl (C=O) groups excluding carboxylic acids is 3. The summed E-state index contributed by atoms with van der Waals surface area (Å²) in [5.41, 5.74) is 1.66. The van der Waals surface area contributed by atoms with Crippen LogP contribution >= 0.6 is 0 Å². The molecule has 2 N–H and O–H groups in total. The molecule has 1 aliphatic rings. The third-order valence-corrected chi connectivity index (χ3v) is 5.70. The number of Topliss-reactive ketones (excluding diaryl/α,β-unsaturated/α-hetero) is 1. The van der Waals surface area contributed by atoms with Crippen LogP contribution in [0.3, 0.4) is 0 Å². The second-order valence-corrected chi connectivity index (χ2v) is 8.41. The Kier molecular flexibility index (Phi) is 7.21. The summed E-state index contributed by atoms with van der Waals surface area (Å²) in [6.07, 6.45) is 1.04. The van der Waals surface area contributed by atoms with Crippen LogP contribution in [-0.2, 0) is 22.4 Å². The molecule has 1 fully saturated rings. The highest BCUT2D eigenvalue weighted by atomic mass is 16.5. The van der Waals surface area contributed by atoms with Gasteiger partial charge in [0.1, 0.15) is 23.0 Å². The zero-order valence-corrected chi connectivity index (χ0v) is 19.4. The van der Waals surface area contributed by atoms with Gasteiger partial charge in [0.2, 0.25) is 5.91 Å². The Morgan fingerprint density at radius 3 is 2.60 bits per heavy atom. The van der Waals surface area contributed by atoms with Crippen LogP contribution in [0.15, 0.2) is 53.2 Å². The van der Waals surface area contributed by atoms with Gasteiger partial charge < -0.3 is 24.6 Å². The second kappa shape index (κ2) is 10.5. The van der Waals surface area contributed by atoms with Crippen LogP contribution in [0.1, 0.15) is 33.9 Å². The Morgan fingerprint density at radius 1 is 1.14 bits per heavy atom. The van der Waals surface area contributed by atoms with E-state index in [0.717, 1.165) is 5.56 Å². The number of hydrogen-bond donors (Lipinski definition) is 2. The zero-order valence-electron chi connectivity index (χ0n) is 19.4. The minimum absolute atomic E-state index is 0.0139. The van der Waals surface area contributed by atoms with Gasteiger partial charge in [0.05, 0.1) is 24.3 Å². The fourth-order valence-electron chi connectivity index (χ4n) is 4.00. The smallest absolute Gasteiger partial charge is 0.269 e. The molecule has 1 saturated heterocycles. The molecule has 0 bridgehead atoms. The summed E-state index contributed by atoms with van der Waals surface area (Å²) in [6.45, 7) is 1.87. The minimum Gasteiger partial charge on any atom is -0.457 e. The molecule has 1 aliphatic heterocycles. The van der Waals surface area contributed by atoms with Crippen molar-refractivity contribution < 1.29 is 28.8 Å². The summed E-state index contributed by atoms with van der Waals surface area (Å²) in [4.78, 5) is 43.0. The first-order valence-electron chi connectivity index (χ1n) is 11.2. The van der Waals surface area contributed by atoms with Crippen LogP contribution in [0.5, 0.6) is 11.5 Å². The van der Waals surface area contributed by atoms with E-state index in [1.807, 2.05) is 0 Å². The summed E-state index contributed by atoms with van der Waals surface area (Å²) in [5, 5.41) is 16.4. The number of benzene rings is 1. The van der Waals surface area contributed by atoms with Crippen molar-refractivity contribution in [3.63, 3.8) is 0 Å². The van der Waals surface area contributed by atoms with E-state index < -0.39 is 12.1 Å². The lowest BCUT2D eigenvalue weighted by Gasteiger charge is -2.23. The van der Waals surface area contributed by atoms with E-state index in [0.29, 0.717) is 23.0 Å². The number of ether oxygens (including phenoxy) is 1. The van der Waals surface area contributed by atoms with E-state index in [1.54, 1.807) is 43.3 Å². The topological polar surface area (TPSA) is 135 Å². The van der Waals surface area contributed by atoms with Crippen molar-refractivity contribution in [1.82, 2.24) is 20.4 Å². The van der Waals surface area contributed by atoms with Gasteiger partial charge in [-0.25, -0.2) is 0 Å². The van der Waals surface area contributed by atoms with Gasteiger partial charge in [0.25, 0.3) is 5.91 Å². The standard InChI is InChI=1S/C25H26N4O6/c1-15-9-20(35-28-15)13-24(32)29-14-17(30)11-22(29)23(31)10-16-3-5-18(6-4-16)34-19-7-8-27-21(12-19)25(33)26-2/h3-9,12,17,22,30H,10-11,13-14H2,1-2H3,(H,26,33)/t17-,22+/m1/s1. The third-order valence-electron chi connectivity index (χ3n) is 5.70. The lowest BCUT2D eigenvalue weighted by molar-refractivity contribution is -0.137. The molecular weight excluding hydrogens is 452 g/mol. The number of ketones is 1.